The van der Waals surface area contributed by atoms with Crippen LogP contribution in [0.1, 0.15) is 25.7 Å². The Bertz CT molecular complexity index is 764. The topological polar surface area (TPSA) is 142 Å². The van der Waals surface area contributed by atoms with Crippen LogP contribution in [-0.4, -0.2) is 53.4 Å². The summed E-state index contributed by atoms with van der Waals surface area (Å²) >= 11 is 0. The van der Waals surface area contributed by atoms with Crippen molar-refractivity contribution < 1.29 is 29.3 Å². The standard InChI is InChI=1S/C19H25N3O6/c20-19(13(18(26)27)9-12-5-7-21-8-6-12)10-16(23)22(11-17(24)25)14-3-1-2-4-15(14)28-19/h1-4,12-13,21H,5-11,20H2,(H,24,25)(H,26,27)/t13?,19-/m0/s1. The van der Waals surface area contributed by atoms with Crippen LogP contribution in [0.25, 0.3) is 0 Å². The van der Waals surface area contributed by atoms with E-state index in [1.807, 2.05) is 0 Å². The van der Waals surface area contributed by atoms with E-state index in [0.717, 1.165) is 30.8 Å². The van der Waals surface area contributed by atoms with Gasteiger partial charge in [-0.3, -0.25) is 25.0 Å². The Kier molecular flexibility index (Phi) is 5.85. The molecule has 28 heavy (non-hydrogen) atoms. The van der Waals surface area contributed by atoms with Gasteiger partial charge in [0.05, 0.1) is 12.1 Å². The molecule has 1 aromatic carbocycles. The Hall–Kier alpha value is -2.65. The molecule has 0 aliphatic carbocycles. The number of piperidine rings is 1. The van der Waals surface area contributed by atoms with Gasteiger partial charge in [0, 0.05) is 0 Å². The normalized spacial score (nSPS) is 24.0. The van der Waals surface area contributed by atoms with Gasteiger partial charge in [-0.05, 0) is 50.4 Å². The summed E-state index contributed by atoms with van der Waals surface area (Å²) in [5.41, 5.74) is 4.91. The van der Waals surface area contributed by atoms with Gasteiger partial charge in [0.1, 0.15) is 18.2 Å². The van der Waals surface area contributed by atoms with E-state index in [2.05, 4.69) is 5.32 Å². The fraction of sp³-hybridized carbons (Fsp3) is 0.526. The molecule has 3 rings (SSSR count). The van der Waals surface area contributed by atoms with Gasteiger partial charge in [-0.2, -0.15) is 0 Å². The molecular weight excluding hydrogens is 366 g/mol. The minimum absolute atomic E-state index is 0.162. The number of hydrogen-bond donors (Lipinski definition) is 4. The molecule has 1 fully saturated rings. The van der Waals surface area contributed by atoms with Crippen LogP contribution < -0.4 is 20.7 Å². The van der Waals surface area contributed by atoms with Crippen LogP contribution in [0.5, 0.6) is 5.75 Å². The van der Waals surface area contributed by atoms with Gasteiger partial charge in [-0.25, -0.2) is 0 Å². The van der Waals surface area contributed by atoms with Crippen LogP contribution in [-0.2, 0) is 14.4 Å². The Morgan fingerprint density at radius 3 is 2.61 bits per heavy atom. The Labute approximate surface area is 162 Å². The van der Waals surface area contributed by atoms with Crippen LogP contribution >= 0.6 is 0 Å². The number of carboxylic acid groups (broad SMARTS) is 2. The highest BCUT2D eigenvalue weighted by molar-refractivity contribution is 6.00. The van der Waals surface area contributed by atoms with E-state index in [4.69, 9.17) is 10.5 Å². The minimum Gasteiger partial charge on any atom is -0.481 e. The first-order valence-corrected chi connectivity index (χ1v) is 9.33. The average molecular weight is 391 g/mol. The SMILES string of the molecule is N[C@@]1(C(CC2CCNCC2)C(=O)O)CC(=O)N(CC(=O)O)c2ccccc2O1. The van der Waals surface area contributed by atoms with Crippen LogP contribution in [0.2, 0.25) is 0 Å². The van der Waals surface area contributed by atoms with Gasteiger partial charge in [-0.15, -0.1) is 0 Å². The third-order valence-corrected chi connectivity index (χ3v) is 5.39. The Morgan fingerprint density at radius 2 is 1.96 bits per heavy atom. The Morgan fingerprint density at radius 1 is 1.29 bits per heavy atom. The van der Waals surface area contributed by atoms with Crippen LogP contribution in [0.15, 0.2) is 24.3 Å². The van der Waals surface area contributed by atoms with Crippen molar-refractivity contribution in [2.24, 2.45) is 17.6 Å². The van der Waals surface area contributed by atoms with Gasteiger partial charge >= 0.3 is 11.9 Å². The van der Waals surface area contributed by atoms with Crippen LogP contribution in [0, 0.1) is 11.8 Å². The number of benzene rings is 1. The van der Waals surface area contributed by atoms with Crippen LogP contribution in [0.4, 0.5) is 5.69 Å². The third-order valence-electron chi connectivity index (χ3n) is 5.39. The number of nitrogens with two attached hydrogens (primary N) is 1. The summed E-state index contributed by atoms with van der Waals surface area (Å²) in [6.45, 7) is 1.06. The van der Waals surface area contributed by atoms with E-state index < -0.39 is 42.5 Å². The van der Waals surface area contributed by atoms with E-state index >= 15 is 0 Å². The van der Waals surface area contributed by atoms with Gasteiger partial charge in [0.2, 0.25) is 5.91 Å². The van der Waals surface area contributed by atoms with Crippen molar-refractivity contribution in [3.05, 3.63) is 24.3 Å². The highest BCUT2D eigenvalue weighted by atomic mass is 16.5. The Balaban J connectivity index is 1.94. The van der Waals surface area contributed by atoms with Crippen LogP contribution in [0.3, 0.4) is 0 Å². The smallest absolute Gasteiger partial charge is 0.323 e. The molecular formula is C19H25N3O6. The second-order valence-electron chi connectivity index (χ2n) is 7.40. The summed E-state index contributed by atoms with van der Waals surface area (Å²) in [7, 11) is 0. The maximum Gasteiger partial charge on any atom is 0.323 e. The van der Waals surface area contributed by atoms with E-state index in [-0.39, 0.29) is 17.4 Å². The molecule has 0 bridgehead atoms. The molecule has 0 aromatic heterocycles. The van der Waals surface area contributed by atoms with Crippen molar-refractivity contribution in [1.82, 2.24) is 5.32 Å². The van der Waals surface area contributed by atoms with Crippen molar-refractivity contribution in [1.29, 1.82) is 0 Å². The van der Waals surface area contributed by atoms with E-state index in [0.29, 0.717) is 6.42 Å². The number of carbonyl (C=O) groups excluding carboxylic acids is 1. The zero-order valence-corrected chi connectivity index (χ0v) is 15.5. The number of carbonyl (C=O) groups is 3. The molecule has 0 saturated carbocycles. The lowest BCUT2D eigenvalue weighted by atomic mass is 9.81. The number of para-hydroxylation sites is 2. The fourth-order valence-corrected chi connectivity index (χ4v) is 3.94. The molecule has 2 aliphatic heterocycles. The summed E-state index contributed by atoms with van der Waals surface area (Å²) < 4.78 is 5.92. The van der Waals surface area contributed by atoms with E-state index in [1.165, 1.54) is 0 Å². The predicted molar refractivity (Wildman–Crippen MR) is 99.9 cm³/mol. The molecule has 1 amide bonds. The zero-order chi connectivity index (χ0) is 20.3. The molecule has 9 nitrogen and oxygen atoms in total. The number of ether oxygens (including phenoxy) is 1. The summed E-state index contributed by atoms with van der Waals surface area (Å²) in [6.07, 6.45) is 1.53. The lowest BCUT2D eigenvalue weighted by Crippen LogP contribution is -2.57. The lowest BCUT2D eigenvalue weighted by Gasteiger charge is -2.36. The van der Waals surface area contributed by atoms with Gasteiger partial charge in [0.25, 0.3) is 0 Å². The molecule has 0 radical (unpaired) electrons. The summed E-state index contributed by atoms with van der Waals surface area (Å²) in [5, 5.41) is 22.3. The molecule has 152 valence electrons. The highest BCUT2D eigenvalue weighted by Crippen LogP contribution is 2.39. The number of rotatable bonds is 6. The third kappa shape index (κ3) is 4.26. The second kappa shape index (κ2) is 8.15. The largest absolute Gasteiger partial charge is 0.481 e. The minimum atomic E-state index is -1.77. The highest BCUT2D eigenvalue weighted by Gasteiger charge is 2.48. The van der Waals surface area contributed by atoms with Crippen molar-refractivity contribution in [3.63, 3.8) is 0 Å². The van der Waals surface area contributed by atoms with E-state index in [1.54, 1.807) is 24.3 Å². The first-order chi connectivity index (χ1) is 13.3. The van der Waals surface area contributed by atoms with Crippen molar-refractivity contribution in [2.75, 3.05) is 24.5 Å². The van der Waals surface area contributed by atoms with Crippen molar-refractivity contribution in [2.45, 2.75) is 31.4 Å². The van der Waals surface area contributed by atoms with Crippen molar-refractivity contribution in [3.8, 4) is 5.75 Å². The molecule has 1 unspecified atom stereocenters. The van der Waals surface area contributed by atoms with E-state index in [9.17, 15) is 24.6 Å². The first-order valence-electron chi connectivity index (χ1n) is 9.33. The summed E-state index contributed by atoms with van der Waals surface area (Å²) in [5.74, 6) is -3.62. The summed E-state index contributed by atoms with van der Waals surface area (Å²) in [4.78, 5) is 37.2. The lowest BCUT2D eigenvalue weighted by molar-refractivity contribution is -0.153. The number of carboxylic acids is 2. The molecule has 5 N–H and O–H groups in total. The number of hydrogen-bond acceptors (Lipinski definition) is 6. The molecule has 2 atom stereocenters. The quantitative estimate of drug-likeness (QED) is 0.553. The number of fused-ring (bicyclic) bond motifs is 1. The molecule has 9 heteroatoms. The fourth-order valence-electron chi connectivity index (χ4n) is 3.94. The number of nitrogens with one attached hydrogen (secondary N) is 1. The van der Waals surface area contributed by atoms with Gasteiger partial charge < -0.3 is 20.3 Å². The maximum atomic E-state index is 12.8. The molecule has 1 aromatic rings. The number of anilines is 1. The first kappa shape index (κ1) is 20.1. The number of nitrogens with zero attached hydrogens (tertiary/aromatic N) is 1. The molecule has 0 spiro atoms. The van der Waals surface area contributed by atoms with Crippen molar-refractivity contribution >= 4 is 23.5 Å². The van der Waals surface area contributed by atoms with Gasteiger partial charge in [0.15, 0.2) is 5.72 Å². The zero-order valence-electron chi connectivity index (χ0n) is 15.5. The molecule has 2 aliphatic rings. The number of amides is 1. The molecule has 2 heterocycles. The predicted octanol–water partition coefficient (Wildman–Crippen LogP) is 0.632. The monoisotopic (exact) mass is 391 g/mol. The average Bonchev–Trinajstić information content (AvgIpc) is 2.75. The second-order valence-corrected chi connectivity index (χ2v) is 7.40. The number of aliphatic carboxylic acids is 2. The summed E-state index contributed by atoms with van der Waals surface area (Å²) in [6, 6.07) is 6.44. The molecule has 1 saturated heterocycles. The van der Waals surface area contributed by atoms with Gasteiger partial charge in [-0.1, -0.05) is 12.1 Å². The maximum absolute atomic E-state index is 12.8.